The van der Waals surface area contributed by atoms with E-state index in [1.165, 1.54) is 0 Å². The lowest BCUT2D eigenvalue weighted by molar-refractivity contribution is 0.204. The fourth-order valence-corrected chi connectivity index (χ4v) is 1.80. The molecule has 0 radical (unpaired) electrons. The van der Waals surface area contributed by atoms with E-state index in [2.05, 4.69) is 4.98 Å². The van der Waals surface area contributed by atoms with Gasteiger partial charge in [0, 0.05) is 18.3 Å². The summed E-state index contributed by atoms with van der Waals surface area (Å²) in [5.74, 6) is 0.845. The maximum Gasteiger partial charge on any atom is 0.122 e. The molecule has 2 aromatic rings. The van der Waals surface area contributed by atoms with Crippen LogP contribution in [-0.4, -0.2) is 23.3 Å². The summed E-state index contributed by atoms with van der Waals surface area (Å²) in [6.07, 6.45) is 3.46. The number of aliphatic hydroxyl groups excluding tert-OH is 1. The fraction of sp³-hybridized carbons (Fsp3) is 0.267. The SMILES string of the molecule is Cc1ccccc1OCC(CO)c1ccncc1. The molecule has 0 aliphatic carbocycles. The van der Waals surface area contributed by atoms with E-state index in [4.69, 9.17) is 4.74 Å². The summed E-state index contributed by atoms with van der Waals surface area (Å²) in [6, 6.07) is 11.7. The molecule has 0 aliphatic rings. The van der Waals surface area contributed by atoms with Crippen LogP contribution >= 0.6 is 0 Å². The Balaban J connectivity index is 2.02. The van der Waals surface area contributed by atoms with Gasteiger partial charge in [-0.25, -0.2) is 0 Å². The van der Waals surface area contributed by atoms with Crippen molar-refractivity contribution in [1.29, 1.82) is 0 Å². The van der Waals surface area contributed by atoms with Crippen molar-refractivity contribution in [3.05, 3.63) is 59.9 Å². The van der Waals surface area contributed by atoms with Gasteiger partial charge >= 0.3 is 0 Å². The summed E-state index contributed by atoms with van der Waals surface area (Å²) in [5, 5.41) is 9.43. The number of aliphatic hydroxyl groups is 1. The number of hydrogen-bond donors (Lipinski definition) is 1. The van der Waals surface area contributed by atoms with Crippen LogP contribution in [0.5, 0.6) is 5.75 Å². The van der Waals surface area contributed by atoms with Gasteiger partial charge in [0.05, 0.1) is 13.2 Å². The van der Waals surface area contributed by atoms with Gasteiger partial charge in [-0.15, -0.1) is 0 Å². The Bertz CT molecular complexity index is 485. The summed E-state index contributed by atoms with van der Waals surface area (Å²) in [6.45, 7) is 2.54. The lowest BCUT2D eigenvalue weighted by atomic mass is 10.0. The zero-order valence-electron chi connectivity index (χ0n) is 10.4. The van der Waals surface area contributed by atoms with Crippen LogP contribution in [0, 0.1) is 6.92 Å². The minimum absolute atomic E-state index is 0.0207. The molecule has 0 bridgehead atoms. The van der Waals surface area contributed by atoms with Crippen LogP contribution in [0.1, 0.15) is 17.0 Å². The smallest absolute Gasteiger partial charge is 0.122 e. The summed E-state index contributed by atoms with van der Waals surface area (Å²) < 4.78 is 5.76. The van der Waals surface area contributed by atoms with Crippen LogP contribution in [-0.2, 0) is 0 Å². The largest absolute Gasteiger partial charge is 0.493 e. The molecule has 0 amide bonds. The van der Waals surface area contributed by atoms with E-state index in [9.17, 15) is 5.11 Å². The quantitative estimate of drug-likeness (QED) is 0.877. The molecule has 0 saturated carbocycles. The Kier molecular flexibility index (Phi) is 4.31. The Morgan fingerprint density at radius 1 is 1.17 bits per heavy atom. The zero-order valence-corrected chi connectivity index (χ0v) is 10.4. The predicted molar refractivity (Wildman–Crippen MR) is 70.7 cm³/mol. The van der Waals surface area contributed by atoms with E-state index < -0.39 is 0 Å². The molecule has 0 aliphatic heterocycles. The number of rotatable bonds is 5. The number of benzene rings is 1. The number of pyridine rings is 1. The van der Waals surface area contributed by atoms with Crippen molar-refractivity contribution in [2.45, 2.75) is 12.8 Å². The Morgan fingerprint density at radius 2 is 1.89 bits per heavy atom. The average Bonchev–Trinajstić information content (AvgIpc) is 2.42. The van der Waals surface area contributed by atoms with E-state index in [0.717, 1.165) is 16.9 Å². The normalized spacial score (nSPS) is 12.1. The van der Waals surface area contributed by atoms with Crippen LogP contribution in [0.25, 0.3) is 0 Å². The third-order valence-electron chi connectivity index (χ3n) is 2.93. The minimum atomic E-state index is -0.0207. The van der Waals surface area contributed by atoms with Gasteiger partial charge < -0.3 is 9.84 Å². The number of hydrogen-bond acceptors (Lipinski definition) is 3. The van der Waals surface area contributed by atoms with Crippen molar-refractivity contribution >= 4 is 0 Å². The molecule has 0 spiro atoms. The molecule has 1 unspecified atom stereocenters. The standard InChI is InChI=1S/C15H17NO2/c1-12-4-2-3-5-15(12)18-11-14(10-17)13-6-8-16-9-7-13/h2-9,14,17H,10-11H2,1H3. The highest BCUT2D eigenvalue weighted by Crippen LogP contribution is 2.20. The van der Waals surface area contributed by atoms with Gasteiger partial charge in [0.25, 0.3) is 0 Å². The van der Waals surface area contributed by atoms with Gasteiger partial charge in [-0.05, 0) is 36.2 Å². The zero-order chi connectivity index (χ0) is 12.8. The Labute approximate surface area is 107 Å². The highest BCUT2D eigenvalue weighted by molar-refractivity contribution is 5.32. The molecule has 1 aromatic heterocycles. The second-order valence-corrected chi connectivity index (χ2v) is 4.24. The average molecular weight is 243 g/mol. The van der Waals surface area contributed by atoms with Gasteiger partial charge in [-0.2, -0.15) is 0 Å². The minimum Gasteiger partial charge on any atom is -0.493 e. The van der Waals surface area contributed by atoms with Crippen LogP contribution in [0.4, 0.5) is 0 Å². The topological polar surface area (TPSA) is 42.4 Å². The Hall–Kier alpha value is -1.87. The van der Waals surface area contributed by atoms with Crippen LogP contribution < -0.4 is 4.74 Å². The molecule has 94 valence electrons. The summed E-state index contributed by atoms with van der Waals surface area (Å²) in [5.41, 5.74) is 2.14. The fourth-order valence-electron chi connectivity index (χ4n) is 1.80. The second kappa shape index (κ2) is 6.17. The Morgan fingerprint density at radius 3 is 2.56 bits per heavy atom. The molecular weight excluding hydrogens is 226 g/mol. The van der Waals surface area contributed by atoms with E-state index in [-0.39, 0.29) is 12.5 Å². The predicted octanol–water partition coefficient (Wildman–Crippen LogP) is 2.54. The molecule has 3 heteroatoms. The molecule has 1 atom stereocenters. The third kappa shape index (κ3) is 3.08. The van der Waals surface area contributed by atoms with Crippen molar-refractivity contribution in [3.8, 4) is 5.75 Å². The molecule has 1 N–H and O–H groups in total. The first-order chi connectivity index (χ1) is 8.81. The second-order valence-electron chi connectivity index (χ2n) is 4.24. The van der Waals surface area contributed by atoms with Crippen molar-refractivity contribution in [2.24, 2.45) is 0 Å². The molecular formula is C15H17NO2. The van der Waals surface area contributed by atoms with E-state index in [0.29, 0.717) is 6.61 Å². The van der Waals surface area contributed by atoms with Gasteiger partial charge in [-0.3, -0.25) is 4.98 Å². The van der Waals surface area contributed by atoms with Gasteiger partial charge in [0.2, 0.25) is 0 Å². The number of nitrogens with zero attached hydrogens (tertiary/aromatic N) is 1. The summed E-state index contributed by atoms with van der Waals surface area (Å²) in [7, 11) is 0. The first-order valence-electron chi connectivity index (χ1n) is 6.00. The maximum absolute atomic E-state index is 9.43. The number of ether oxygens (including phenoxy) is 1. The lowest BCUT2D eigenvalue weighted by Crippen LogP contribution is -2.14. The van der Waals surface area contributed by atoms with Crippen LogP contribution in [0.3, 0.4) is 0 Å². The van der Waals surface area contributed by atoms with Crippen LogP contribution in [0.15, 0.2) is 48.8 Å². The molecule has 3 nitrogen and oxygen atoms in total. The van der Waals surface area contributed by atoms with E-state index in [1.54, 1.807) is 12.4 Å². The van der Waals surface area contributed by atoms with Gasteiger partial charge in [-0.1, -0.05) is 18.2 Å². The lowest BCUT2D eigenvalue weighted by Gasteiger charge is -2.16. The molecule has 1 aromatic carbocycles. The highest BCUT2D eigenvalue weighted by atomic mass is 16.5. The molecule has 18 heavy (non-hydrogen) atoms. The number of aryl methyl sites for hydroxylation is 1. The third-order valence-corrected chi connectivity index (χ3v) is 2.93. The maximum atomic E-state index is 9.43. The van der Waals surface area contributed by atoms with Gasteiger partial charge in [0.15, 0.2) is 0 Å². The van der Waals surface area contributed by atoms with E-state index in [1.807, 2.05) is 43.3 Å². The molecule has 2 rings (SSSR count). The van der Waals surface area contributed by atoms with Gasteiger partial charge in [0.1, 0.15) is 5.75 Å². The van der Waals surface area contributed by atoms with Crippen molar-refractivity contribution < 1.29 is 9.84 Å². The van der Waals surface area contributed by atoms with Crippen molar-refractivity contribution in [1.82, 2.24) is 4.98 Å². The highest BCUT2D eigenvalue weighted by Gasteiger charge is 2.11. The molecule has 0 saturated heterocycles. The monoisotopic (exact) mass is 243 g/mol. The number of para-hydroxylation sites is 1. The first kappa shape index (κ1) is 12.6. The van der Waals surface area contributed by atoms with E-state index >= 15 is 0 Å². The van der Waals surface area contributed by atoms with Crippen LogP contribution in [0.2, 0.25) is 0 Å². The van der Waals surface area contributed by atoms with Crippen molar-refractivity contribution in [3.63, 3.8) is 0 Å². The molecule has 0 fully saturated rings. The molecule has 1 heterocycles. The number of aromatic nitrogens is 1. The summed E-state index contributed by atoms with van der Waals surface area (Å²) >= 11 is 0. The van der Waals surface area contributed by atoms with Crippen molar-refractivity contribution in [2.75, 3.05) is 13.2 Å². The summed E-state index contributed by atoms with van der Waals surface area (Å²) in [4.78, 5) is 3.97. The first-order valence-corrected chi connectivity index (χ1v) is 6.00.